The molecule has 4 fully saturated rings. The van der Waals surface area contributed by atoms with Crippen molar-refractivity contribution in [2.45, 2.75) is 192 Å². The molecule has 75 heavy (non-hydrogen) atoms. The number of aliphatic hydroxyl groups excluding tert-OH is 9. The molecule has 0 unspecified atom stereocenters. The molecule has 0 aromatic heterocycles. The Morgan fingerprint density at radius 2 is 0.613 bits per heavy atom. The summed E-state index contributed by atoms with van der Waals surface area (Å²) in [5, 5.41) is 103. The summed E-state index contributed by atoms with van der Waals surface area (Å²) in [5.41, 5.74) is 0.663. The lowest BCUT2D eigenvalue weighted by atomic mass is 9.96. The molecule has 4 aliphatic rings. The number of carbonyl (C=O) groups is 5. The van der Waals surface area contributed by atoms with Crippen LogP contribution in [0, 0.1) is 0 Å². The maximum absolute atomic E-state index is 13.0. The largest absolute Gasteiger partial charge is 0.459 e. The second kappa shape index (κ2) is 28.7. The van der Waals surface area contributed by atoms with Crippen LogP contribution < -0.4 is 0 Å². The Hall–Kier alpha value is -4.59. The van der Waals surface area contributed by atoms with Gasteiger partial charge in [0.1, 0.15) is 118 Å². The van der Waals surface area contributed by atoms with Gasteiger partial charge < -0.3 is 103 Å². The van der Waals surface area contributed by atoms with E-state index < -0.39 is 179 Å². The Labute approximate surface area is 432 Å². The second-order valence-electron chi connectivity index (χ2n) is 18.0. The maximum Gasteiger partial charge on any atom is 0.333 e. The third kappa shape index (κ3) is 15.8. The van der Waals surface area contributed by atoms with Crippen molar-refractivity contribution < 1.29 is 127 Å². The van der Waals surface area contributed by atoms with Crippen LogP contribution in [0.15, 0.2) is 58.2 Å². The first-order valence-electron chi connectivity index (χ1n) is 24.1. The highest BCUT2D eigenvalue weighted by atomic mass is 16.8. The number of esters is 5. The monoisotopic (exact) mass is 1080 g/mol. The molecule has 0 aliphatic carbocycles. The molecule has 0 saturated carbocycles. The summed E-state index contributed by atoms with van der Waals surface area (Å²) in [7, 11) is 0. The van der Waals surface area contributed by atoms with Gasteiger partial charge in [0.15, 0.2) is 31.3 Å². The minimum Gasteiger partial charge on any atom is -0.459 e. The lowest BCUT2D eigenvalue weighted by molar-refractivity contribution is -0.414. The van der Waals surface area contributed by atoms with E-state index in [9.17, 15) is 69.9 Å². The van der Waals surface area contributed by atoms with Gasteiger partial charge in [-0.1, -0.05) is 30.4 Å². The SMILES string of the molecule is C/C=C(\C)C(=O)OC[C@H]1O[C@@H](O[C@H]2[C@@H](O[C@H]3O[C@H](COC(=O)/C(C)=C/C)[C@@H](O)[C@H](O)[C@H]3O[C@@H]3O[C@H](COC(=O)/C(C)=C/C)[C@@H](O)[C@H](OC(=O)/C(C)=C/C)[C@H]3O)O[C@H](COC(=O)/C(C)=C/C)[C@@H](O)[C@@H]2O)[C@H](O)[C@@H](O)[C@@H]1O. The van der Waals surface area contributed by atoms with Crippen LogP contribution in [0.4, 0.5) is 0 Å². The molecule has 26 heteroatoms. The van der Waals surface area contributed by atoms with Gasteiger partial charge in [0, 0.05) is 27.9 Å². The summed E-state index contributed by atoms with van der Waals surface area (Å²) in [6.07, 6.45) is -32.7. The summed E-state index contributed by atoms with van der Waals surface area (Å²) in [5.74, 6) is -4.39. The molecule has 0 amide bonds. The number of allylic oxidation sites excluding steroid dienone is 5. The zero-order chi connectivity index (χ0) is 56.2. The molecule has 26 nitrogen and oxygen atoms in total. The van der Waals surface area contributed by atoms with E-state index in [0.29, 0.717) is 0 Å². The summed E-state index contributed by atoms with van der Waals surface area (Å²) >= 11 is 0. The van der Waals surface area contributed by atoms with Crippen molar-refractivity contribution in [3.63, 3.8) is 0 Å². The van der Waals surface area contributed by atoms with Crippen molar-refractivity contribution in [3.05, 3.63) is 58.2 Å². The van der Waals surface area contributed by atoms with Crippen molar-refractivity contribution in [3.8, 4) is 0 Å². The topological polar surface area (TPSA) is 378 Å². The van der Waals surface area contributed by atoms with E-state index in [1.54, 1.807) is 27.7 Å². The van der Waals surface area contributed by atoms with Gasteiger partial charge in [-0.25, -0.2) is 24.0 Å². The van der Waals surface area contributed by atoms with Gasteiger partial charge in [-0.2, -0.15) is 0 Å². The molecular formula is C49H72O26. The van der Waals surface area contributed by atoms with Gasteiger partial charge in [-0.3, -0.25) is 0 Å². The molecule has 4 rings (SSSR count). The Morgan fingerprint density at radius 1 is 0.333 bits per heavy atom. The van der Waals surface area contributed by atoms with Gasteiger partial charge in [0.25, 0.3) is 0 Å². The summed E-state index contributed by atoms with van der Waals surface area (Å²) in [6.45, 7) is 11.9. The normalized spacial score (nSPS) is 37.3. The van der Waals surface area contributed by atoms with Crippen molar-refractivity contribution in [1.29, 1.82) is 0 Å². The highest BCUT2D eigenvalue weighted by Crippen LogP contribution is 2.36. The molecule has 20 atom stereocenters. The number of rotatable bonds is 20. The summed E-state index contributed by atoms with van der Waals surface area (Å²) in [6, 6.07) is 0. The molecule has 0 aromatic rings. The fraction of sp³-hybridized carbons (Fsp3) is 0.694. The van der Waals surface area contributed by atoms with Crippen LogP contribution in [0.1, 0.15) is 69.2 Å². The Balaban J connectivity index is 1.80. The minimum absolute atomic E-state index is 0.0472. The highest BCUT2D eigenvalue weighted by molar-refractivity contribution is 5.89. The fourth-order valence-electron chi connectivity index (χ4n) is 7.39. The summed E-state index contributed by atoms with van der Waals surface area (Å²) < 4.78 is 68.6. The standard InChI is InChI=1S/C49H72O26/c1-11-20(6)41(59)64-16-25-29(50)33(54)36(57)46(68-25)73-39-34(55)30(51)26(17-65-42(60)21(7)12-2)70-48(39)75-49-40(35(56)31(52)27(71-49)18-66-43(61)22(8)13-3)74-47-37(58)38(72-45(63)24(10)15-5)32(53)28(69-47)19-67-44(62)23(9)14-4/h11-15,25-40,46-58H,16-19H2,1-10H3/b20-11+,21-12+,22-13+,23-14+,24-15+/t25-,26-,27-,28-,29-,30-,31-,32-,33+,34+,35+,36-,37-,38+,39-,40-,46+,47+,48-,49-/m1/s1. The van der Waals surface area contributed by atoms with Gasteiger partial charge in [0.2, 0.25) is 0 Å². The number of hydrogen-bond acceptors (Lipinski definition) is 26. The summed E-state index contributed by atoms with van der Waals surface area (Å²) in [4.78, 5) is 63.7. The van der Waals surface area contributed by atoms with Crippen LogP contribution in [0.25, 0.3) is 0 Å². The van der Waals surface area contributed by atoms with Crippen LogP contribution in [-0.4, -0.2) is 225 Å². The second-order valence-corrected chi connectivity index (χ2v) is 18.0. The number of aliphatic hydroxyl groups is 9. The maximum atomic E-state index is 13.0. The van der Waals surface area contributed by atoms with Crippen molar-refractivity contribution in [2.24, 2.45) is 0 Å². The van der Waals surface area contributed by atoms with Gasteiger partial charge >= 0.3 is 29.8 Å². The van der Waals surface area contributed by atoms with E-state index in [2.05, 4.69) is 0 Å². The first-order chi connectivity index (χ1) is 35.3. The third-order valence-corrected chi connectivity index (χ3v) is 13.0. The highest BCUT2D eigenvalue weighted by Gasteiger charge is 2.57. The van der Waals surface area contributed by atoms with E-state index in [1.807, 2.05) is 0 Å². The van der Waals surface area contributed by atoms with Gasteiger partial charge in [-0.15, -0.1) is 0 Å². The Kier molecular flexibility index (Phi) is 24.1. The fourth-order valence-corrected chi connectivity index (χ4v) is 7.39. The number of ether oxygens (including phenoxy) is 12. The van der Waals surface area contributed by atoms with E-state index in [0.717, 1.165) is 0 Å². The zero-order valence-corrected chi connectivity index (χ0v) is 43.2. The van der Waals surface area contributed by atoms with Crippen LogP contribution in [-0.2, 0) is 80.8 Å². The predicted octanol–water partition coefficient (Wildman–Crippen LogP) is -2.16. The van der Waals surface area contributed by atoms with Crippen molar-refractivity contribution in [1.82, 2.24) is 0 Å². The third-order valence-electron chi connectivity index (χ3n) is 13.0. The number of hydrogen-bond donors (Lipinski definition) is 9. The van der Waals surface area contributed by atoms with Crippen molar-refractivity contribution >= 4 is 29.8 Å². The van der Waals surface area contributed by atoms with E-state index in [1.165, 1.54) is 71.9 Å². The average molecular weight is 1080 g/mol. The van der Waals surface area contributed by atoms with Gasteiger partial charge in [0.05, 0.1) is 0 Å². The molecule has 0 bridgehead atoms. The average Bonchev–Trinajstić information content (AvgIpc) is 3.40. The molecule has 9 N–H and O–H groups in total. The molecule has 4 aliphatic heterocycles. The predicted molar refractivity (Wildman–Crippen MR) is 250 cm³/mol. The zero-order valence-electron chi connectivity index (χ0n) is 43.2. The van der Waals surface area contributed by atoms with Crippen LogP contribution in [0.2, 0.25) is 0 Å². The van der Waals surface area contributed by atoms with Gasteiger partial charge in [-0.05, 0) is 69.2 Å². The minimum atomic E-state index is -2.20. The molecule has 424 valence electrons. The van der Waals surface area contributed by atoms with E-state index in [-0.39, 0.29) is 27.9 Å². The molecule has 4 saturated heterocycles. The van der Waals surface area contributed by atoms with Crippen LogP contribution in [0.3, 0.4) is 0 Å². The molecule has 0 aromatic carbocycles. The molecule has 0 spiro atoms. The molecule has 0 radical (unpaired) electrons. The van der Waals surface area contributed by atoms with E-state index >= 15 is 0 Å². The quantitative estimate of drug-likeness (QED) is 0.0356. The Morgan fingerprint density at radius 3 is 0.947 bits per heavy atom. The first kappa shape index (κ1) is 62.9. The van der Waals surface area contributed by atoms with E-state index in [4.69, 9.17) is 56.8 Å². The molecule has 4 heterocycles. The van der Waals surface area contributed by atoms with Crippen LogP contribution in [0.5, 0.6) is 0 Å². The first-order valence-corrected chi connectivity index (χ1v) is 24.1. The number of carbonyl (C=O) groups excluding carboxylic acids is 5. The molecular weight excluding hydrogens is 1000 g/mol. The lowest BCUT2D eigenvalue weighted by Gasteiger charge is -2.49. The smallest absolute Gasteiger partial charge is 0.333 e. The Bertz CT molecular complexity index is 2120. The lowest BCUT2D eigenvalue weighted by Crippen LogP contribution is -2.68. The van der Waals surface area contributed by atoms with Crippen molar-refractivity contribution in [2.75, 3.05) is 26.4 Å². The van der Waals surface area contributed by atoms with Crippen LogP contribution >= 0.6 is 0 Å².